The van der Waals surface area contributed by atoms with Crippen molar-refractivity contribution in [2.24, 2.45) is 0 Å². The fourth-order valence-corrected chi connectivity index (χ4v) is 6.00. The van der Waals surface area contributed by atoms with Crippen molar-refractivity contribution in [2.75, 3.05) is 13.1 Å². The van der Waals surface area contributed by atoms with Gasteiger partial charge in [-0.2, -0.15) is 0 Å². The van der Waals surface area contributed by atoms with Crippen LogP contribution in [0.3, 0.4) is 0 Å². The molecule has 0 rings (SSSR count). The molecular formula is C42H80N2O2. The zero-order valence-electron chi connectivity index (χ0n) is 31.2. The smallest absolute Gasteiger partial charge is 0.220 e. The molecule has 0 aliphatic rings. The molecule has 0 unspecified atom stereocenters. The van der Waals surface area contributed by atoms with Gasteiger partial charge in [-0.25, -0.2) is 0 Å². The highest BCUT2D eigenvalue weighted by molar-refractivity contribution is 5.77. The summed E-state index contributed by atoms with van der Waals surface area (Å²) in [5, 5.41) is 5.91. The van der Waals surface area contributed by atoms with Crippen molar-refractivity contribution >= 4 is 11.8 Å². The number of hydrogen-bond acceptors (Lipinski definition) is 2. The standard InChI is InChI=1S/C42H80N2O2/c1-3-5-7-9-11-13-15-17-19-20-21-22-24-26-28-30-32-34-36-38-42(46)44-40-39-43-41(45)37-35-33-31-29-27-25-23-18-16-14-12-10-8-6-4-2/h17-19,23H,3-16,20-22,24-40H2,1-2H3,(H,43,45)(H,44,46)/b19-17-,23-18-. The molecule has 0 saturated heterocycles. The van der Waals surface area contributed by atoms with E-state index in [4.69, 9.17) is 0 Å². The Morgan fingerprint density at radius 3 is 0.870 bits per heavy atom. The molecule has 46 heavy (non-hydrogen) atoms. The van der Waals surface area contributed by atoms with E-state index in [0.717, 1.165) is 25.7 Å². The van der Waals surface area contributed by atoms with Gasteiger partial charge in [-0.1, -0.05) is 167 Å². The van der Waals surface area contributed by atoms with E-state index in [9.17, 15) is 9.59 Å². The normalized spacial score (nSPS) is 11.6. The van der Waals surface area contributed by atoms with Crippen LogP contribution in [-0.4, -0.2) is 24.9 Å². The van der Waals surface area contributed by atoms with E-state index in [-0.39, 0.29) is 11.8 Å². The van der Waals surface area contributed by atoms with Gasteiger partial charge in [-0.15, -0.1) is 0 Å². The second kappa shape index (κ2) is 39.6. The summed E-state index contributed by atoms with van der Waals surface area (Å²) in [4.78, 5) is 24.1. The maximum Gasteiger partial charge on any atom is 0.220 e. The third-order valence-corrected chi connectivity index (χ3v) is 9.10. The molecule has 0 aliphatic carbocycles. The van der Waals surface area contributed by atoms with Crippen LogP contribution in [0.25, 0.3) is 0 Å². The van der Waals surface area contributed by atoms with E-state index < -0.39 is 0 Å². The molecule has 0 bridgehead atoms. The number of hydrogen-bond donors (Lipinski definition) is 2. The first-order chi connectivity index (χ1) is 22.7. The molecule has 4 nitrogen and oxygen atoms in total. The monoisotopic (exact) mass is 645 g/mol. The summed E-state index contributed by atoms with van der Waals surface area (Å²) < 4.78 is 0. The molecule has 0 heterocycles. The first-order valence-corrected chi connectivity index (χ1v) is 20.5. The second-order valence-electron chi connectivity index (χ2n) is 13.8. The molecule has 270 valence electrons. The zero-order chi connectivity index (χ0) is 33.4. The van der Waals surface area contributed by atoms with Gasteiger partial charge in [0.15, 0.2) is 0 Å². The molecule has 0 fully saturated rings. The lowest BCUT2D eigenvalue weighted by Gasteiger charge is -2.07. The molecule has 0 aromatic rings. The van der Waals surface area contributed by atoms with Gasteiger partial charge >= 0.3 is 0 Å². The van der Waals surface area contributed by atoms with Gasteiger partial charge in [0.2, 0.25) is 11.8 Å². The van der Waals surface area contributed by atoms with E-state index in [2.05, 4.69) is 48.8 Å². The van der Waals surface area contributed by atoms with Crippen LogP contribution in [0.2, 0.25) is 0 Å². The molecule has 0 saturated carbocycles. The van der Waals surface area contributed by atoms with Crippen molar-refractivity contribution in [3.63, 3.8) is 0 Å². The molecular weight excluding hydrogens is 564 g/mol. The molecule has 0 aromatic carbocycles. The molecule has 0 radical (unpaired) electrons. The maximum absolute atomic E-state index is 12.1. The third kappa shape index (κ3) is 38.6. The van der Waals surface area contributed by atoms with Gasteiger partial charge in [0.05, 0.1) is 0 Å². The van der Waals surface area contributed by atoms with E-state index >= 15 is 0 Å². The second-order valence-corrected chi connectivity index (χ2v) is 13.8. The average molecular weight is 645 g/mol. The Hall–Kier alpha value is -1.58. The molecule has 0 aliphatic heterocycles. The minimum atomic E-state index is 0.113. The highest BCUT2D eigenvalue weighted by Gasteiger charge is 2.03. The van der Waals surface area contributed by atoms with E-state index in [1.807, 2.05) is 0 Å². The Labute approximate surface area is 288 Å². The summed E-state index contributed by atoms with van der Waals surface area (Å²) in [6, 6.07) is 0. The lowest BCUT2D eigenvalue weighted by atomic mass is 10.1. The van der Waals surface area contributed by atoms with Gasteiger partial charge in [0.25, 0.3) is 0 Å². The minimum absolute atomic E-state index is 0.113. The average Bonchev–Trinajstić information content (AvgIpc) is 3.06. The Bertz CT molecular complexity index is 687. The molecule has 0 aromatic heterocycles. The maximum atomic E-state index is 12.1. The van der Waals surface area contributed by atoms with Crippen LogP contribution < -0.4 is 10.6 Å². The summed E-state index contributed by atoms with van der Waals surface area (Å²) in [7, 11) is 0. The third-order valence-electron chi connectivity index (χ3n) is 9.10. The van der Waals surface area contributed by atoms with Crippen LogP contribution in [0, 0.1) is 0 Å². The topological polar surface area (TPSA) is 58.2 Å². The van der Waals surface area contributed by atoms with E-state index in [1.165, 1.54) is 167 Å². The number of nitrogens with one attached hydrogen (secondary N) is 2. The van der Waals surface area contributed by atoms with Gasteiger partial charge in [0.1, 0.15) is 0 Å². The number of carbonyl (C=O) groups is 2. The Balaban J connectivity index is 3.31. The van der Waals surface area contributed by atoms with Crippen molar-refractivity contribution in [3.05, 3.63) is 24.3 Å². The van der Waals surface area contributed by atoms with Crippen molar-refractivity contribution < 1.29 is 9.59 Å². The molecule has 0 atom stereocenters. The summed E-state index contributed by atoms with van der Waals surface area (Å²) in [5.74, 6) is 0.232. The van der Waals surface area contributed by atoms with Crippen LogP contribution in [0.4, 0.5) is 0 Å². The van der Waals surface area contributed by atoms with E-state index in [1.54, 1.807) is 0 Å². The Kier molecular flexibility index (Phi) is 38.2. The van der Waals surface area contributed by atoms with Crippen molar-refractivity contribution in [1.29, 1.82) is 0 Å². The number of amides is 2. The first-order valence-electron chi connectivity index (χ1n) is 20.5. The highest BCUT2D eigenvalue weighted by Crippen LogP contribution is 2.13. The highest BCUT2D eigenvalue weighted by atomic mass is 16.2. The largest absolute Gasteiger partial charge is 0.354 e. The fraction of sp³-hybridized carbons (Fsp3) is 0.857. The summed E-state index contributed by atoms with van der Waals surface area (Å²) in [5.41, 5.74) is 0. The lowest BCUT2D eigenvalue weighted by molar-refractivity contribution is -0.123. The van der Waals surface area contributed by atoms with Crippen LogP contribution >= 0.6 is 0 Å². The minimum Gasteiger partial charge on any atom is -0.354 e. The SMILES string of the molecule is CCCCCCCC/C=C\CCCCCCCCCCCC(=O)NCCNC(=O)CCCCCCC/C=C\CCCCCCCC. The summed E-state index contributed by atoms with van der Waals surface area (Å²) >= 11 is 0. The van der Waals surface area contributed by atoms with Crippen LogP contribution in [-0.2, 0) is 9.59 Å². The number of unbranched alkanes of at least 4 members (excludes halogenated alkanes) is 26. The number of carbonyl (C=O) groups excluding carboxylic acids is 2. The van der Waals surface area contributed by atoms with E-state index in [0.29, 0.717) is 25.9 Å². The summed E-state index contributed by atoms with van der Waals surface area (Å²) in [6.45, 7) is 5.62. The molecule has 4 heteroatoms. The fourth-order valence-electron chi connectivity index (χ4n) is 6.00. The van der Waals surface area contributed by atoms with Crippen LogP contribution in [0.1, 0.15) is 219 Å². The zero-order valence-corrected chi connectivity index (χ0v) is 31.2. The quantitative estimate of drug-likeness (QED) is 0.0522. The number of allylic oxidation sites excluding steroid dienone is 4. The van der Waals surface area contributed by atoms with Gasteiger partial charge in [-0.3, -0.25) is 9.59 Å². The Morgan fingerprint density at radius 1 is 0.348 bits per heavy atom. The van der Waals surface area contributed by atoms with Crippen LogP contribution in [0.5, 0.6) is 0 Å². The van der Waals surface area contributed by atoms with Gasteiger partial charge in [0, 0.05) is 25.9 Å². The predicted octanol–water partition coefficient (Wildman–Crippen LogP) is 12.9. The van der Waals surface area contributed by atoms with Crippen molar-refractivity contribution in [2.45, 2.75) is 219 Å². The number of rotatable bonds is 37. The van der Waals surface area contributed by atoms with Gasteiger partial charge < -0.3 is 10.6 Å². The van der Waals surface area contributed by atoms with Crippen molar-refractivity contribution in [1.82, 2.24) is 10.6 Å². The van der Waals surface area contributed by atoms with Crippen molar-refractivity contribution in [3.8, 4) is 0 Å². The van der Waals surface area contributed by atoms with Gasteiger partial charge in [-0.05, 0) is 64.2 Å². The molecule has 0 spiro atoms. The summed E-state index contributed by atoms with van der Waals surface area (Å²) in [6.07, 6.45) is 49.5. The molecule has 2 N–H and O–H groups in total. The Morgan fingerprint density at radius 2 is 0.587 bits per heavy atom. The lowest BCUT2D eigenvalue weighted by Crippen LogP contribution is -2.34. The predicted molar refractivity (Wildman–Crippen MR) is 203 cm³/mol. The first kappa shape index (κ1) is 44.4. The van der Waals surface area contributed by atoms with Crippen LogP contribution in [0.15, 0.2) is 24.3 Å². The molecule has 2 amide bonds.